The summed E-state index contributed by atoms with van der Waals surface area (Å²) in [6.07, 6.45) is 1.22. The lowest BCUT2D eigenvalue weighted by Crippen LogP contribution is -2.22. The number of hydrogen-bond acceptors (Lipinski definition) is 8. The summed E-state index contributed by atoms with van der Waals surface area (Å²) in [5.41, 5.74) is 1.52. The van der Waals surface area contributed by atoms with Crippen molar-refractivity contribution in [2.24, 2.45) is 5.16 Å². The Morgan fingerprint density at radius 3 is 2.77 bits per heavy atom. The SMILES string of the molecule is O=S(=O)(CCCCc1nonc1/C(Cc1ccc(F)c(Br)c1)=N/O)NO. The average Bonchev–Trinajstić information content (AvgIpc) is 3.08. The van der Waals surface area contributed by atoms with Gasteiger partial charge in [0.15, 0.2) is 5.69 Å². The molecule has 3 N–H and O–H groups in total. The van der Waals surface area contributed by atoms with Gasteiger partial charge in [-0.1, -0.05) is 21.3 Å². The molecular formula is C14H16BrFN4O5S. The molecule has 0 spiro atoms. The number of hydrogen-bond donors (Lipinski definition) is 3. The van der Waals surface area contributed by atoms with E-state index in [2.05, 4.69) is 31.4 Å². The molecule has 12 heteroatoms. The van der Waals surface area contributed by atoms with Gasteiger partial charge in [-0.25, -0.2) is 17.4 Å². The lowest BCUT2D eigenvalue weighted by molar-refractivity contribution is 0.242. The van der Waals surface area contributed by atoms with Crippen molar-refractivity contribution in [3.8, 4) is 0 Å². The molecule has 1 aromatic heterocycles. The van der Waals surface area contributed by atoms with Crippen LogP contribution in [0.1, 0.15) is 29.8 Å². The van der Waals surface area contributed by atoms with Crippen LogP contribution < -0.4 is 4.89 Å². The Balaban J connectivity index is 2.03. The average molecular weight is 451 g/mol. The lowest BCUT2D eigenvalue weighted by Gasteiger charge is -2.05. The van der Waals surface area contributed by atoms with Gasteiger partial charge < -0.3 is 10.4 Å². The zero-order chi connectivity index (χ0) is 19.2. The number of rotatable bonds is 9. The zero-order valence-corrected chi connectivity index (χ0v) is 15.8. The minimum atomic E-state index is -3.69. The fraction of sp³-hybridized carbons (Fsp3) is 0.357. The Kier molecular flexibility index (Phi) is 7.20. The van der Waals surface area contributed by atoms with Crippen molar-refractivity contribution in [2.45, 2.75) is 25.7 Å². The summed E-state index contributed by atoms with van der Waals surface area (Å²) in [7, 11) is -3.69. The quantitative estimate of drug-likeness (QED) is 0.230. The van der Waals surface area contributed by atoms with Crippen molar-refractivity contribution in [3.05, 3.63) is 45.4 Å². The van der Waals surface area contributed by atoms with Gasteiger partial charge in [-0.15, -0.1) is 0 Å². The first kappa shape index (κ1) is 20.4. The summed E-state index contributed by atoms with van der Waals surface area (Å²) in [5, 5.41) is 28.5. The largest absolute Gasteiger partial charge is 0.411 e. The van der Waals surface area contributed by atoms with Gasteiger partial charge in [-0.05, 0) is 58.0 Å². The molecular weight excluding hydrogens is 435 g/mol. The van der Waals surface area contributed by atoms with Crippen molar-refractivity contribution >= 4 is 31.7 Å². The highest BCUT2D eigenvalue weighted by Crippen LogP contribution is 2.19. The molecule has 0 aliphatic carbocycles. The van der Waals surface area contributed by atoms with Gasteiger partial charge >= 0.3 is 0 Å². The Labute approximate surface area is 157 Å². The van der Waals surface area contributed by atoms with Gasteiger partial charge in [0.05, 0.1) is 10.2 Å². The van der Waals surface area contributed by atoms with E-state index in [1.165, 1.54) is 11.0 Å². The Morgan fingerprint density at radius 2 is 2.12 bits per heavy atom. The number of oxime groups is 1. The molecule has 0 amide bonds. The van der Waals surface area contributed by atoms with E-state index in [0.717, 1.165) is 0 Å². The number of unbranched alkanes of at least 4 members (excludes halogenated alkanes) is 1. The number of aromatic nitrogens is 2. The predicted molar refractivity (Wildman–Crippen MR) is 92.1 cm³/mol. The van der Waals surface area contributed by atoms with Gasteiger partial charge in [0.1, 0.15) is 17.2 Å². The van der Waals surface area contributed by atoms with Crippen molar-refractivity contribution in [3.63, 3.8) is 0 Å². The summed E-state index contributed by atoms with van der Waals surface area (Å²) in [6, 6.07) is 4.39. The second-order valence-electron chi connectivity index (χ2n) is 5.40. The van der Waals surface area contributed by atoms with Crippen molar-refractivity contribution in [2.75, 3.05) is 5.75 Å². The molecule has 0 fully saturated rings. The monoisotopic (exact) mass is 450 g/mol. The van der Waals surface area contributed by atoms with Crippen LogP contribution in [0, 0.1) is 5.82 Å². The first-order valence-electron chi connectivity index (χ1n) is 7.46. The van der Waals surface area contributed by atoms with Crippen LogP contribution in [0.4, 0.5) is 4.39 Å². The third-order valence-corrected chi connectivity index (χ3v) is 5.23. The van der Waals surface area contributed by atoms with E-state index in [1.807, 2.05) is 0 Å². The van der Waals surface area contributed by atoms with Crippen LogP contribution in [-0.4, -0.2) is 40.6 Å². The fourth-order valence-electron chi connectivity index (χ4n) is 2.23. The molecule has 2 aromatic rings. The third-order valence-electron chi connectivity index (χ3n) is 3.52. The van der Waals surface area contributed by atoms with E-state index in [4.69, 9.17) is 9.84 Å². The topological polar surface area (TPSA) is 138 Å². The first-order chi connectivity index (χ1) is 12.4. The molecule has 2 rings (SSSR count). The Morgan fingerprint density at radius 1 is 1.35 bits per heavy atom. The molecule has 26 heavy (non-hydrogen) atoms. The van der Waals surface area contributed by atoms with Crippen LogP contribution in [0.3, 0.4) is 0 Å². The minimum Gasteiger partial charge on any atom is -0.411 e. The summed E-state index contributed by atoms with van der Waals surface area (Å²) >= 11 is 3.09. The maximum atomic E-state index is 13.3. The summed E-state index contributed by atoms with van der Waals surface area (Å²) < 4.78 is 40.6. The van der Waals surface area contributed by atoms with Gasteiger partial charge in [0.2, 0.25) is 10.0 Å². The van der Waals surface area contributed by atoms with E-state index >= 15 is 0 Å². The molecule has 0 saturated heterocycles. The number of nitrogens with zero attached hydrogens (tertiary/aromatic N) is 3. The molecule has 0 unspecified atom stereocenters. The highest BCUT2D eigenvalue weighted by atomic mass is 79.9. The predicted octanol–water partition coefficient (Wildman–Crippen LogP) is 2.02. The molecule has 142 valence electrons. The number of nitrogens with one attached hydrogen (secondary N) is 1. The van der Waals surface area contributed by atoms with E-state index in [9.17, 15) is 18.0 Å². The van der Waals surface area contributed by atoms with Crippen LogP contribution in [0.15, 0.2) is 32.5 Å². The zero-order valence-electron chi connectivity index (χ0n) is 13.4. The van der Waals surface area contributed by atoms with Crippen molar-refractivity contribution < 1.29 is 27.9 Å². The van der Waals surface area contributed by atoms with Gasteiger partial charge in [-0.3, -0.25) is 0 Å². The Bertz CT molecular complexity index is 887. The van der Waals surface area contributed by atoms with Crippen molar-refractivity contribution in [1.29, 1.82) is 0 Å². The standard InChI is InChI=1S/C14H16BrFN4O5S/c15-10-7-9(4-5-11(10)16)8-13(17-21)14-12(18-25-19-14)3-1-2-6-26(23,24)20-22/h4-5,7,20-22H,1-3,6,8H2/b17-13+. The second kappa shape index (κ2) is 9.16. The van der Waals surface area contributed by atoms with Gasteiger partial charge in [0, 0.05) is 6.42 Å². The number of aryl methyl sites for hydroxylation is 1. The van der Waals surface area contributed by atoms with E-state index in [0.29, 0.717) is 24.1 Å². The number of halogens is 2. The molecule has 0 aliphatic rings. The third kappa shape index (κ3) is 5.56. The van der Waals surface area contributed by atoms with Crippen LogP contribution in [0.5, 0.6) is 0 Å². The fourth-order valence-corrected chi connectivity index (χ4v) is 3.33. The minimum absolute atomic E-state index is 0.166. The normalized spacial score (nSPS) is 12.5. The smallest absolute Gasteiger partial charge is 0.233 e. The Hall–Kier alpha value is -1.89. The maximum Gasteiger partial charge on any atom is 0.233 e. The molecule has 0 atom stereocenters. The van der Waals surface area contributed by atoms with E-state index in [1.54, 1.807) is 12.1 Å². The van der Waals surface area contributed by atoms with Crippen LogP contribution in [0.2, 0.25) is 0 Å². The second-order valence-corrected chi connectivity index (χ2v) is 8.07. The summed E-state index contributed by atoms with van der Waals surface area (Å²) in [4.78, 5) is 1.25. The number of sulfonamides is 1. The molecule has 0 saturated carbocycles. The van der Waals surface area contributed by atoms with E-state index in [-0.39, 0.29) is 34.5 Å². The first-order valence-corrected chi connectivity index (χ1v) is 9.91. The summed E-state index contributed by atoms with van der Waals surface area (Å²) in [6.45, 7) is 0. The maximum absolute atomic E-state index is 13.3. The van der Waals surface area contributed by atoms with Crippen LogP contribution in [-0.2, 0) is 22.9 Å². The molecule has 0 radical (unpaired) electrons. The summed E-state index contributed by atoms with van der Waals surface area (Å²) in [5.74, 6) is -0.651. The molecule has 1 heterocycles. The van der Waals surface area contributed by atoms with Crippen molar-refractivity contribution in [1.82, 2.24) is 15.2 Å². The highest BCUT2D eigenvalue weighted by Gasteiger charge is 2.18. The highest BCUT2D eigenvalue weighted by molar-refractivity contribution is 9.10. The lowest BCUT2D eigenvalue weighted by atomic mass is 10.0. The van der Waals surface area contributed by atoms with E-state index < -0.39 is 15.8 Å². The van der Waals surface area contributed by atoms with Gasteiger partial charge in [-0.2, -0.15) is 0 Å². The molecule has 0 bridgehead atoms. The van der Waals surface area contributed by atoms with Crippen LogP contribution in [0.25, 0.3) is 0 Å². The molecule has 9 nitrogen and oxygen atoms in total. The molecule has 1 aromatic carbocycles. The molecule has 0 aliphatic heterocycles. The number of benzene rings is 1. The van der Waals surface area contributed by atoms with Crippen LogP contribution >= 0.6 is 15.9 Å². The van der Waals surface area contributed by atoms with Gasteiger partial charge in [0.25, 0.3) is 0 Å².